The second-order valence-electron chi connectivity index (χ2n) is 12.5. The normalized spacial score (nSPS) is 45.0. The minimum atomic E-state index is -0.445. The number of carbonyl (C=O) groups excluding carboxylic acids is 3. The molecule has 1 aliphatic heterocycles. The Kier molecular flexibility index (Phi) is 5.65. The lowest BCUT2D eigenvalue weighted by Gasteiger charge is -2.60. The SMILES string of the molecule is C=C(C)CC(=O)C1=C(C)[C@H]2[C@H](CC3C4CCC5C[C@@H](OC(C)=O)CC[C@]5(C)C4CC(=O)[C@@]32C)O1. The molecule has 5 nitrogen and oxygen atoms in total. The summed E-state index contributed by atoms with van der Waals surface area (Å²) in [6.07, 6.45) is 6.90. The highest BCUT2D eigenvalue weighted by atomic mass is 16.5. The van der Waals surface area contributed by atoms with E-state index in [1.807, 2.05) is 13.8 Å². The van der Waals surface area contributed by atoms with Gasteiger partial charge in [0.2, 0.25) is 5.78 Å². The zero-order valence-corrected chi connectivity index (χ0v) is 21.4. The van der Waals surface area contributed by atoms with Gasteiger partial charge in [-0.15, -0.1) is 0 Å². The molecule has 0 aromatic heterocycles. The van der Waals surface area contributed by atoms with Crippen LogP contribution in [0.1, 0.15) is 86.0 Å². The Bertz CT molecular complexity index is 977. The van der Waals surface area contributed by atoms with Crippen LogP contribution >= 0.6 is 0 Å². The molecule has 4 saturated carbocycles. The highest BCUT2D eigenvalue weighted by molar-refractivity contribution is 5.97. The van der Waals surface area contributed by atoms with Crippen LogP contribution in [-0.2, 0) is 23.9 Å². The Balaban J connectivity index is 1.40. The van der Waals surface area contributed by atoms with Crippen LogP contribution in [-0.4, -0.2) is 29.7 Å². The van der Waals surface area contributed by atoms with Gasteiger partial charge in [0.15, 0.2) is 5.76 Å². The summed E-state index contributed by atoms with van der Waals surface area (Å²) in [5.41, 5.74) is 1.50. The first kappa shape index (κ1) is 23.8. The summed E-state index contributed by atoms with van der Waals surface area (Å²) in [4.78, 5) is 38.3. The molecule has 0 radical (unpaired) electrons. The Hall–Kier alpha value is -1.91. The summed E-state index contributed by atoms with van der Waals surface area (Å²) in [7, 11) is 0. The number of hydrogen-bond acceptors (Lipinski definition) is 5. The first-order chi connectivity index (χ1) is 16.0. The van der Waals surface area contributed by atoms with Crippen LogP contribution in [0.15, 0.2) is 23.5 Å². The summed E-state index contributed by atoms with van der Waals surface area (Å²) in [6, 6.07) is 0. The number of fused-ring (bicyclic) bond motifs is 7. The van der Waals surface area contributed by atoms with Crippen molar-refractivity contribution in [1.82, 2.24) is 0 Å². The van der Waals surface area contributed by atoms with Crippen molar-refractivity contribution in [2.24, 2.45) is 40.4 Å². The summed E-state index contributed by atoms with van der Waals surface area (Å²) in [5, 5.41) is 0. The molecule has 4 unspecified atom stereocenters. The van der Waals surface area contributed by atoms with E-state index in [0.29, 0.717) is 48.1 Å². The van der Waals surface area contributed by atoms with Gasteiger partial charge in [-0.05, 0) is 87.0 Å². The minimum absolute atomic E-state index is 0.00163. The van der Waals surface area contributed by atoms with Crippen LogP contribution < -0.4 is 0 Å². The third-order valence-corrected chi connectivity index (χ3v) is 10.6. The fourth-order valence-electron chi connectivity index (χ4n) is 9.15. The maximum absolute atomic E-state index is 14.0. The van der Waals surface area contributed by atoms with Crippen LogP contribution in [0.25, 0.3) is 0 Å². The van der Waals surface area contributed by atoms with Crippen LogP contribution in [0.2, 0.25) is 0 Å². The predicted octanol–water partition coefficient (Wildman–Crippen LogP) is 5.57. The van der Waals surface area contributed by atoms with E-state index in [-0.39, 0.29) is 35.3 Å². The van der Waals surface area contributed by atoms with Gasteiger partial charge in [-0.1, -0.05) is 26.0 Å². The summed E-state index contributed by atoms with van der Waals surface area (Å²) in [5.74, 6) is 2.42. The molecule has 4 fully saturated rings. The van der Waals surface area contributed by atoms with Crippen molar-refractivity contribution in [2.75, 3.05) is 0 Å². The van der Waals surface area contributed by atoms with Gasteiger partial charge in [0.25, 0.3) is 0 Å². The van der Waals surface area contributed by atoms with Crippen molar-refractivity contribution in [2.45, 2.75) is 98.2 Å². The number of ketones is 2. The fraction of sp³-hybridized carbons (Fsp3) is 0.759. The van der Waals surface area contributed by atoms with Crippen molar-refractivity contribution >= 4 is 17.5 Å². The first-order valence-electron chi connectivity index (χ1n) is 13.2. The van der Waals surface area contributed by atoms with E-state index in [1.165, 1.54) is 6.92 Å². The maximum Gasteiger partial charge on any atom is 0.302 e. The monoisotopic (exact) mass is 468 g/mol. The van der Waals surface area contributed by atoms with E-state index in [1.54, 1.807) is 0 Å². The average molecular weight is 469 g/mol. The summed E-state index contributed by atoms with van der Waals surface area (Å²) >= 11 is 0. The van der Waals surface area contributed by atoms with Gasteiger partial charge in [-0.25, -0.2) is 0 Å². The van der Waals surface area contributed by atoms with Crippen molar-refractivity contribution < 1.29 is 23.9 Å². The number of rotatable bonds is 4. The van der Waals surface area contributed by atoms with Gasteiger partial charge in [-0.3, -0.25) is 14.4 Å². The fourth-order valence-corrected chi connectivity index (χ4v) is 9.15. The van der Waals surface area contributed by atoms with E-state index < -0.39 is 5.41 Å². The Morgan fingerprint density at radius 2 is 1.85 bits per heavy atom. The quantitative estimate of drug-likeness (QED) is 0.398. The maximum atomic E-state index is 14.0. The number of esters is 1. The molecule has 34 heavy (non-hydrogen) atoms. The Morgan fingerprint density at radius 3 is 2.53 bits per heavy atom. The van der Waals surface area contributed by atoms with Gasteiger partial charge in [-0.2, -0.15) is 0 Å². The second kappa shape index (κ2) is 8.06. The molecule has 0 aromatic rings. The van der Waals surface area contributed by atoms with E-state index in [0.717, 1.165) is 49.7 Å². The summed E-state index contributed by atoms with van der Waals surface area (Å²) in [6.45, 7) is 13.8. The molecule has 0 N–H and O–H groups in total. The lowest BCUT2D eigenvalue weighted by molar-refractivity contribution is -0.165. The van der Waals surface area contributed by atoms with Gasteiger partial charge in [0.1, 0.15) is 18.0 Å². The number of carbonyl (C=O) groups is 3. The number of allylic oxidation sites excluding steroid dienone is 2. The predicted molar refractivity (Wildman–Crippen MR) is 129 cm³/mol. The smallest absolute Gasteiger partial charge is 0.302 e. The molecule has 0 amide bonds. The molecule has 5 aliphatic rings. The first-order valence-corrected chi connectivity index (χ1v) is 13.2. The minimum Gasteiger partial charge on any atom is -0.486 e. The van der Waals surface area contributed by atoms with E-state index in [9.17, 15) is 14.4 Å². The van der Waals surface area contributed by atoms with Crippen LogP contribution in [0.5, 0.6) is 0 Å². The van der Waals surface area contributed by atoms with Crippen LogP contribution in [0, 0.1) is 40.4 Å². The molecule has 5 rings (SSSR count). The van der Waals surface area contributed by atoms with Crippen LogP contribution in [0.4, 0.5) is 0 Å². The molecular weight excluding hydrogens is 428 g/mol. The van der Waals surface area contributed by atoms with Crippen molar-refractivity contribution in [3.8, 4) is 0 Å². The van der Waals surface area contributed by atoms with E-state index >= 15 is 0 Å². The topological polar surface area (TPSA) is 69.7 Å². The molecule has 0 bridgehead atoms. The zero-order valence-electron chi connectivity index (χ0n) is 21.4. The highest BCUT2D eigenvalue weighted by Gasteiger charge is 2.68. The molecule has 0 aromatic carbocycles. The Labute approximate surface area is 203 Å². The van der Waals surface area contributed by atoms with Gasteiger partial charge in [0, 0.05) is 31.1 Å². The standard InChI is InChI=1S/C29H40O5/c1-15(2)11-23(31)27-16(3)26-24(34-27)13-22-20-8-7-18-12-19(33-17(4)30)9-10-28(18,5)21(20)14-25(32)29(22,26)6/h18-22,24,26H,1,7-14H2,2-6H3/t18?,19-,20?,21?,22?,24-,26-,28-,29+/m0/s1. The molecular formula is C29H40O5. The van der Waals surface area contributed by atoms with Gasteiger partial charge < -0.3 is 9.47 Å². The number of hydrogen-bond donors (Lipinski definition) is 0. The molecule has 9 atom stereocenters. The molecule has 0 saturated heterocycles. The van der Waals surface area contributed by atoms with Gasteiger partial charge in [0.05, 0.1) is 0 Å². The number of Topliss-reactive ketones (excluding diaryl/α,β-unsaturated/α-hetero) is 2. The third kappa shape index (κ3) is 3.36. The highest BCUT2D eigenvalue weighted by Crippen LogP contribution is 2.68. The summed E-state index contributed by atoms with van der Waals surface area (Å²) < 4.78 is 11.9. The average Bonchev–Trinajstić information content (AvgIpc) is 3.23. The van der Waals surface area contributed by atoms with Gasteiger partial charge >= 0.3 is 5.97 Å². The zero-order chi connectivity index (χ0) is 24.6. The lowest BCUT2D eigenvalue weighted by atomic mass is 9.44. The second-order valence-corrected chi connectivity index (χ2v) is 12.5. The third-order valence-electron chi connectivity index (χ3n) is 10.6. The van der Waals surface area contributed by atoms with Crippen molar-refractivity contribution in [3.63, 3.8) is 0 Å². The molecule has 186 valence electrons. The van der Waals surface area contributed by atoms with Crippen LogP contribution in [0.3, 0.4) is 0 Å². The van der Waals surface area contributed by atoms with Crippen molar-refractivity contribution in [1.29, 1.82) is 0 Å². The van der Waals surface area contributed by atoms with Crippen molar-refractivity contribution in [3.05, 3.63) is 23.5 Å². The van der Waals surface area contributed by atoms with E-state index in [2.05, 4.69) is 20.4 Å². The molecule has 5 heteroatoms. The van der Waals surface area contributed by atoms with E-state index in [4.69, 9.17) is 9.47 Å². The largest absolute Gasteiger partial charge is 0.486 e. The molecule has 1 heterocycles. The number of ether oxygens (including phenoxy) is 2. The Morgan fingerprint density at radius 1 is 1.12 bits per heavy atom. The molecule has 0 spiro atoms. The lowest BCUT2D eigenvalue weighted by Crippen LogP contribution is -2.57. The molecule has 4 aliphatic carbocycles.